The molecule has 4 aliphatic carbocycles. The molecule has 0 heterocycles. The molecule has 3 fully saturated rings. The van der Waals surface area contributed by atoms with Gasteiger partial charge in [0.2, 0.25) is 0 Å². The first kappa shape index (κ1) is 28.5. The van der Waals surface area contributed by atoms with Gasteiger partial charge >= 0.3 is 5.97 Å². The Balaban J connectivity index is 1.40. The van der Waals surface area contributed by atoms with Crippen molar-refractivity contribution in [1.29, 1.82) is 0 Å². The van der Waals surface area contributed by atoms with Crippen LogP contribution in [-0.4, -0.2) is 17.5 Å². The van der Waals surface area contributed by atoms with Gasteiger partial charge in [0.15, 0.2) is 0 Å². The summed E-state index contributed by atoms with van der Waals surface area (Å²) in [6.45, 7) is 14.7. The molecule has 0 bridgehead atoms. The quantitative estimate of drug-likeness (QED) is 0.163. The van der Waals surface area contributed by atoms with Crippen LogP contribution in [0.1, 0.15) is 131 Å². The Morgan fingerprint density at radius 3 is 2.53 bits per heavy atom. The molecule has 2 nitrogen and oxygen atoms in total. The summed E-state index contributed by atoms with van der Waals surface area (Å²) in [7, 11) is 0. The maximum atomic E-state index is 12.6. The van der Waals surface area contributed by atoms with Crippen molar-refractivity contribution >= 4 is 17.6 Å². The van der Waals surface area contributed by atoms with E-state index >= 15 is 0 Å². The third kappa shape index (κ3) is 5.60. The first-order valence-electron chi connectivity index (χ1n) is 15.6. The maximum absolute atomic E-state index is 12.6. The third-order valence-electron chi connectivity index (χ3n) is 11.6. The van der Waals surface area contributed by atoms with Crippen LogP contribution in [-0.2, 0) is 9.53 Å². The zero-order valence-electron chi connectivity index (χ0n) is 24.3. The smallest absolute Gasteiger partial charge is 0.324 e. The van der Waals surface area contributed by atoms with Crippen molar-refractivity contribution in [2.75, 3.05) is 0 Å². The van der Waals surface area contributed by atoms with Gasteiger partial charge in [-0.05, 0) is 97.7 Å². The molecular weight excluding hydrogens is 464 g/mol. The zero-order chi connectivity index (χ0) is 26.1. The van der Waals surface area contributed by atoms with Crippen molar-refractivity contribution in [1.82, 2.24) is 0 Å². The Labute approximate surface area is 227 Å². The normalized spacial score (nSPS) is 39.6. The van der Waals surface area contributed by atoms with Gasteiger partial charge in [-0.25, -0.2) is 0 Å². The van der Waals surface area contributed by atoms with Crippen LogP contribution in [0.5, 0.6) is 0 Å². The second-order valence-electron chi connectivity index (χ2n) is 14.2. The maximum Gasteiger partial charge on any atom is 0.324 e. The number of ether oxygens (including phenoxy) is 1. The zero-order valence-corrected chi connectivity index (χ0v) is 25.0. The van der Waals surface area contributed by atoms with E-state index in [0.29, 0.717) is 10.8 Å². The Morgan fingerprint density at radius 1 is 1.03 bits per heavy atom. The van der Waals surface area contributed by atoms with Crippen molar-refractivity contribution in [2.45, 2.75) is 143 Å². The third-order valence-corrected chi connectivity index (χ3v) is 12.0. The van der Waals surface area contributed by atoms with Crippen LogP contribution in [0.25, 0.3) is 0 Å². The number of carbonyl (C=O) groups is 1. The van der Waals surface area contributed by atoms with E-state index in [1.165, 1.54) is 57.8 Å². The number of alkyl halides is 1. The number of rotatable bonds is 10. The minimum absolute atomic E-state index is 0.0210. The standard InChI is InChI=1S/C33H55ClO2/c1-7-8-12-30(34)31(35)36-25-17-19-32(5)24(21-25)13-14-26-28-16-15-27(23(4)11-9-10-22(2)3)33(28,6)20-18-29(26)32/h13,22-23,25-30H,7-12,14-21H2,1-6H3/t23-,25+,26+,27-,28+,29+,30?,32+,33-/m1/s1. The molecule has 0 aromatic heterocycles. The van der Waals surface area contributed by atoms with Crippen molar-refractivity contribution < 1.29 is 9.53 Å². The number of esters is 1. The Bertz CT molecular complexity index is 789. The number of halogens is 1. The molecule has 1 unspecified atom stereocenters. The van der Waals surface area contributed by atoms with Crippen molar-refractivity contribution in [3.63, 3.8) is 0 Å². The lowest BCUT2D eigenvalue weighted by molar-refractivity contribution is -0.151. The van der Waals surface area contributed by atoms with Gasteiger partial charge in [-0.1, -0.05) is 85.3 Å². The summed E-state index contributed by atoms with van der Waals surface area (Å²) >= 11 is 6.34. The second-order valence-corrected chi connectivity index (χ2v) is 14.7. The molecule has 3 saturated carbocycles. The Hall–Kier alpha value is -0.500. The van der Waals surface area contributed by atoms with E-state index in [2.05, 4.69) is 47.6 Å². The molecule has 0 spiro atoms. The first-order valence-corrected chi connectivity index (χ1v) is 16.1. The van der Waals surface area contributed by atoms with Gasteiger partial charge in [0, 0.05) is 6.42 Å². The summed E-state index contributed by atoms with van der Waals surface area (Å²) in [5, 5.41) is -0.484. The van der Waals surface area contributed by atoms with Gasteiger partial charge in [0.1, 0.15) is 11.5 Å². The predicted octanol–water partition coefficient (Wildman–Crippen LogP) is 9.74. The number of allylic oxidation sites excluding steroid dienone is 1. The highest BCUT2D eigenvalue weighted by molar-refractivity contribution is 6.29. The minimum atomic E-state index is -0.484. The van der Waals surface area contributed by atoms with Crippen LogP contribution in [0.15, 0.2) is 11.6 Å². The summed E-state index contributed by atoms with van der Waals surface area (Å²) in [5.74, 6) is 4.99. The molecule has 206 valence electrons. The molecule has 0 aromatic rings. The van der Waals surface area contributed by atoms with Gasteiger partial charge < -0.3 is 4.74 Å². The highest BCUT2D eigenvalue weighted by atomic mass is 35.5. The molecule has 0 N–H and O–H groups in total. The van der Waals surface area contributed by atoms with Gasteiger partial charge in [-0.2, -0.15) is 0 Å². The van der Waals surface area contributed by atoms with Gasteiger partial charge in [-0.3, -0.25) is 4.79 Å². The van der Waals surface area contributed by atoms with Crippen LogP contribution in [0.3, 0.4) is 0 Å². The summed E-state index contributed by atoms with van der Waals surface area (Å²) in [5.41, 5.74) is 2.44. The molecular formula is C33H55ClO2. The van der Waals surface area contributed by atoms with Gasteiger partial charge in [0.05, 0.1) is 0 Å². The number of unbranched alkanes of at least 4 members (excludes halogenated alkanes) is 1. The minimum Gasteiger partial charge on any atom is -0.461 e. The summed E-state index contributed by atoms with van der Waals surface area (Å²) in [6, 6.07) is 0. The average molecular weight is 519 g/mol. The molecule has 0 aliphatic heterocycles. The predicted molar refractivity (Wildman–Crippen MR) is 152 cm³/mol. The van der Waals surface area contributed by atoms with E-state index in [-0.39, 0.29) is 12.1 Å². The number of fused-ring (bicyclic) bond motifs is 5. The van der Waals surface area contributed by atoms with E-state index in [0.717, 1.165) is 67.6 Å². The van der Waals surface area contributed by atoms with Crippen molar-refractivity contribution in [3.05, 3.63) is 11.6 Å². The lowest BCUT2D eigenvalue weighted by atomic mass is 9.47. The summed E-state index contributed by atoms with van der Waals surface area (Å²) in [6.07, 6.45) is 19.7. The SMILES string of the molecule is CCCCC(Cl)C(=O)O[C@H]1CC[C@@]2(C)C(=CC[C@H]3[C@@H]4CC[C@H]([C@H](C)CCCC(C)C)[C@@]4(C)CC[C@@H]32)C1. The van der Waals surface area contributed by atoms with Crippen LogP contribution >= 0.6 is 11.6 Å². The number of hydrogen-bond donors (Lipinski definition) is 0. The molecule has 0 saturated heterocycles. The average Bonchev–Trinajstić information content (AvgIpc) is 3.19. The molecule has 0 aromatic carbocycles. The van der Waals surface area contributed by atoms with E-state index in [1.807, 2.05) is 0 Å². The van der Waals surface area contributed by atoms with E-state index in [4.69, 9.17) is 16.3 Å². The monoisotopic (exact) mass is 518 g/mol. The summed E-state index contributed by atoms with van der Waals surface area (Å²) in [4.78, 5) is 12.6. The molecule has 4 aliphatic rings. The topological polar surface area (TPSA) is 26.3 Å². The Kier molecular flexibility index (Phi) is 9.27. The highest BCUT2D eigenvalue weighted by Gasteiger charge is 2.59. The van der Waals surface area contributed by atoms with Crippen molar-refractivity contribution in [3.8, 4) is 0 Å². The van der Waals surface area contributed by atoms with Crippen LogP contribution in [0.4, 0.5) is 0 Å². The first-order chi connectivity index (χ1) is 17.1. The largest absolute Gasteiger partial charge is 0.461 e. The molecule has 4 rings (SSSR count). The second kappa shape index (κ2) is 11.7. The highest BCUT2D eigenvalue weighted by Crippen LogP contribution is 2.67. The fourth-order valence-corrected chi connectivity index (χ4v) is 9.70. The molecule has 0 amide bonds. The van der Waals surface area contributed by atoms with E-state index in [9.17, 15) is 4.79 Å². The summed E-state index contributed by atoms with van der Waals surface area (Å²) < 4.78 is 5.94. The number of carbonyl (C=O) groups excluding carboxylic acids is 1. The Morgan fingerprint density at radius 2 is 1.81 bits per heavy atom. The molecule has 36 heavy (non-hydrogen) atoms. The lowest BCUT2D eigenvalue weighted by Gasteiger charge is -2.58. The molecule has 3 heteroatoms. The van der Waals surface area contributed by atoms with Crippen LogP contribution in [0, 0.1) is 46.3 Å². The molecule has 0 radical (unpaired) electrons. The van der Waals surface area contributed by atoms with Crippen molar-refractivity contribution in [2.24, 2.45) is 46.3 Å². The fraction of sp³-hybridized carbons (Fsp3) is 0.909. The van der Waals surface area contributed by atoms with E-state index < -0.39 is 5.38 Å². The number of hydrogen-bond acceptors (Lipinski definition) is 2. The van der Waals surface area contributed by atoms with E-state index in [1.54, 1.807) is 5.57 Å². The van der Waals surface area contributed by atoms with Gasteiger partial charge in [-0.15, -0.1) is 11.6 Å². The van der Waals surface area contributed by atoms with Crippen LogP contribution in [0.2, 0.25) is 0 Å². The van der Waals surface area contributed by atoms with Crippen LogP contribution < -0.4 is 0 Å². The fourth-order valence-electron chi connectivity index (χ4n) is 9.49. The molecule has 9 atom stereocenters. The lowest BCUT2D eigenvalue weighted by Crippen LogP contribution is -2.51. The van der Waals surface area contributed by atoms with Gasteiger partial charge in [0.25, 0.3) is 0 Å².